The van der Waals surface area contributed by atoms with Gasteiger partial charge >= 0.3 is 0 Å². The Morgan fingerprint density at radius 3 is 2.00 bits per heavy atom. The summed E-state index contributed by atoms with van der Waals surface area (Å²) in [7, 11) is 0. The number of hydrogen-bond donors (Lipinski definition) is 0. The minimum absolute atomic E-state index is 0.435. The molecule has 0 amide bonds. The maximum absolute atomic E-state index is 4.39. The third-order valence-corrected chi connectivity index (χ3v) is 0.500. The van der Waals surface area contributed by atoms with Crippen molar-refractivity contribution >= 4 is 29.0 Å². The maximum Gasteiger partial charge on any atom is 0.1000 e. The molecule has 0 saturated carbocycles. The molecule has 0 rings (SSSR count). The first-order valence-corrected chi connectivity index (χ1v) is 1.92. The van der Waals surface area contributed by atoms with Crippen LogP contribution in [0.15, 0.2) is 12.7 Å². The summed E-state index contributed by atoms with van der Waals surface area (Å²) in [5.41, 5.74) is 0. The molecular formula is C3H3S2. The van der Waals surface area contributed by atoms with Crippen LogP contribution in [0.25, 0.3) is 0 Å². The summed E-state index contributed by atoms with van der Waals surface area (Å²) in [6.07, 6.45) is 1.46. The first-order valence-electron chi connectivity index (χ1n) is 1.11. The van der Waals surface area contributed by atoms with Gasteiger partial charge in [0.2, 0.25) is 0 Å². The van der Waals surface area contributed by atoms with Gasteiger partial charge in [-0.2, -0.15) is 0 Å². The van der Waals surface area contributed by atoms with E-state index in [1.165, 1.54) is 6.08 Å². The van der Waals surface area contributed by atoms with E-state index in [0.29, 0.717) is 4.20 Å². The highest BCUT2D eigenvalue weighted by Crippen LogP contribution is 1.79. The molecular weight excluding hydrogens is 100 g/mol. The van der Waals surface area contributed by atoms with Crippen LogP contribution < -0.4 is 0 Å². The summed E-state index contributed by atoms with van der Waals surface area (Å²) >= 11 is 8.79. The molecule has 1 radical (unpaired) electrons. The van der Waals surface area contributed by atoms with Crippen molar-refractivity contribution in [2.45, 2.75) is 0 Å². The van der Waals surface area contributed by atoms with Gasteiger partial charge in [-0.1, -0.05) is 31.4 Å². The van der Waals surface area contributed by atoms with E-state index in [9.17, 15) is 0 Å². The van der Waals surface area contributed by atoms with Crippen LogP contribution in [0, 0.1) is 0 Å². The number of thiocarbonyl (C=S) groups is 1. The average molecular weight is 103 g/mol. The second-order valence-electron chi connectivity index (χ2n) is 0.523. The summed E-state index contributed by atoms with van der Waals surface area (Å²) < 4.78 is 0.435. The minimum Gasteiger partial charge on any atom is -0.0968 e. The summed E-state index contributed by atoms with van der Waals surface area (Å²) in [4.78, 5) is 0. The van der Waals surface area contributed by atoms with E-state index < -0.39 is 0 Å². The topological polar surface area (TPSA) is 0 Å². The van der Waals surface area contributed by atoms with E-state index >= 15 is 0 Å². The molecule has 0 unspecified atom stereocenters. The lowest BCUT2D eigenvalue weighted by Gasteiger charge is -1.64. The lowest BCUT2D eigenvalue weighted by atomic mass is 10.8. The van der Waals surface area contributed by atoms with Crippen molar-refractivity contribution in [1.82, 2.24) is 0 Å². The molecule has 0 nitrogen and oxygen atoms in total. The molecule has 0 aromatic rings. The fourth-order valence-corrected chi connectivity index (χ4v) is 0. The van der Waals surface area contributed by atoms with Gasteiger partial charge in [-0.25, -0.2) is 0 Å². The SMILES string of the molecule is C=CC([S])=S. The van der Waals surface area contributed by atoms with Crippen LogP contribution in [0.4, 0.5) is 0 Å². The van der Waals surface area contributed by atoms with Crippen LogP contribution in [0.5, 0.6) is 0 Å². The Balaban J connectivity index is 3.20. The summed E-state index contributed by atoms with van der Waals surface area (Å²) in [5.74, 6) is 0. The largest absolute Gasteiger partial charge is 0.1000 e. The Morgan fingerprint density at radius 2 is 2.00 bits per heavy atom. The quantitative estimate of drug-likeness (QED) is 0.359. The van der Waals surface area contributed by atoms with Crippen LogP contribution in [-0.4, -0.2) is 4.20 Å². The zero-order valence-electron chi connectivity index (χ0n) is 2.60. The molecule has 0 heterocycles. The normalized spacial score (nSPS) is 6.40. The van der Waals surface area contributed by atoms with E-state index in [4.69, 9.17) is 0 Å². The molecule has 0 fully saturated rings. The highest BCUT2D eigenvalue weighted by molar-refractivity contribution is 8.11. The Hall–Kier alpha value is 0.0500. The van der Waals surface area contributed by atoms with E-state index in [-0.39, 0.29) is 0 Å². The van der Waals surface area contributed by atoms with Crippen molar-refractivity contribution in [3.63, 3.8) is 0 Å². The maximum atomic E-state index is 4.39. The standard InChI is InChI=1S/C3H3S2/c1-2-3(4)5/h2H,1H2. The predicted molar refractivity (Wildman–Crippen MR) is 30.4 cm³/mol. The van der Waals surface area contributed by atoms with Crippen LogP contribution in [0.3, 0.4) is 0 Å². The van der Waals surface area contributed by atoms with Gasteiger partial charge < -0.3 is 0 Å². The van der Waals surface area contributed by atoms with E-state index in [1.54, 1.807) is 0 Å². The van der Waals surface area contributed by atoms with Gasteiger partial charge in [-0.15, -0.1) is 0 Å². The van der Waals surface area contributed by atoms with Crippen molar-refractivity contribution in [1.29, 1.82) is 0 Å². The lowest BCUT2D eigenvalue weighted by Crippen LogP contribution is -1.61. The van der Waals surface area contributed by atoms with Gasteiger partial charge in [0, 0.05) is 0 Å². The average Bonchev–Trinajstić information content (AvgIpc) is 1.38. The van der Waals surface area contributed by atoms with Crippen LogP contribution in [-0.2, 0) is 0 Å². The molecule has 0 saturated heterocycles. The Kier molecular flexibility index (Phi) is 2.32. The van der Waals surface area contributed by atoms with Gasteiger partial charge in [-0.3, -0.25) is 0 Å². The lowest BCUT2D eigenvalue weighted by molar-refractivity contribution is 2.54. The molecule has 2 heteroatoms. The zero-order valence-corrected chi connectivity index (χ0v) is 4.23. The third-order valence-electron chi connectivity index (χ3n) is 0.167. The fraction of sp³-hybridized carbons (Fsp3) is 0. The summed E-state index contributed by atoms with van der Waals surface area (Å²) in [5, 5.41) is 0. The van der Waals surface area contributed by atoms with Crippen molar-refractivity contribution in [3.05, 3.63) is 12.7 Å². The second-order valence-corrected chi connectivity index (χ2v) is 1.66. The van der Waals surface area contributed by atoms with Crippen LogP contribution in [0.2, 0.25) is 0 Å². The first-order chi connectivity index (χ1) is 2.27. The van der Waals surface area contributed by atoms with Gasteiger partial charge in [0.25, 0.3) is 0 Å². The summed E-state index contributed by atoms with van der Waals surface area (Å²) in [6, 6.07) is 0. The molecule has 0 aromatic heterocycles. The van der Waals surface area contributed by atoms with Crippen LogP contribution >= 0.6 is 24.8 Å². The highest BCUT2D eigenvalue weighted by Gasteiger charge is 1.67. The molecule has 0 aliphatic heterocycles. The molecule has 0 spiro atoms. The van der Waals surface area contributed by atoms with Crippen LogP contribution in [0.1, 0.15) is 0 Å². The molecule has 0 aliphatic carbocycles. The fourth-order valence-electron chi connectivity index (χ4n) is 0. The number of hydrogen-bond acceptors (Lipinski definition) is 1. The minimum atomic E-state index is 0.435. The smallest absolute Gasteiger partial charge is 0.0968 e. The van der Waals surface area contributed by atoms with Gasteiger partial charge in [0.15, 0.2) is 0 Å². The van der Waals surface area contributed by atoms with E-state index in [2.05, 4.69) is 31.4 Å². The predicted octanol–water partition coefficient (Wildman–Crippen LogP) is 1.70. The van der Waals surface area contributed by atoms with Crippen molar-refractivity contribution in [2.24, 2.45) is 0 Å². The Morgan fingerprint density at radius 1 is 1.80 bits per heavy atom. The molecule has 0 N–H and O–H groups in total. The summed E-state index contributed by atoms with van der Waals surface area (Å²) in [6.45, 7) is 3.31. The van der Waals surface area contributed by atoms with E-state index in [0.717, 1.165) is 0 Å². The van der Waals surface area contributed by atoms with Gasteiger partial charge in [-0.05, 0) is 6.08 Å². The monoisotopic (exact) mass is 103 g/mol. The molecule has 0 bridgehead atoms. The molecule has 0 aliphatic rings. The second kappa shape index (κ2) is 2.30. The van der Waals surface area contributed by atoms with Gasteiger partial charge in [0.1, 0.15) is 0 Å². The van der Waals surface area contributed by atoms with Crippen molar-refractivity contribution in [3.8, 4) is 0 Å². The van der Waals surface area contributed by atoms with Crippen molar-refractivity contribution < 1.29 is 0 Å². The van der Waals surface area contributed by atoms with Gasteiger partial charge in [0.05, 0.1) is 4.20 Å². The Bertz CT molecular complexity index is 55.9. The third kappa shape index (κ3) is 4.05. The first kappa shape index (κ1) is 5.05. The van der Waals surface area contributed by atoms with E-state index in [1.807, 2.05) is 0 Å². The Labute approximate surface area is 42.3 Å². The zero-order chi connectivity index (χ0) is 4.28. The molecule has 0 aromatic carbocycles. The molecule has 27 valence electrons. The number of rotatable bonds is 1. The molecule has 5 heavy (non-hydrogen) atoms. The molecule has 0 atom stereocenters. The highest BCUT2D eigenvalue weighted by atomic mass is 32.1. The van der Waals surface area contributed by atoms with Crippen molar-refractivity contribution in [2.75, 3.05) is 0 Å².